The van der Waals surface area contributed by atoms with Gasteiger partial charge in [0.2, 0.25) is 9.04 Å². The molecule has 4 fully saturated rings. The van der Waals surface area contributed by atoms with Gasteiger partial charge in [-0.2, -0.15) is 0 Å². The van der Waals surface area contributed by atoms with E-state index < -0.39 is 9.04 Å². The van der Waals surface area contributed by atoms with Crippen LogP contribution in [0.2, 0.25) is 0 Å². The first-order valence-electron chi connectivity index (χ1n) is 7.16. The fourth-order valence-electron chi connectivity index (χ4n) is 4.82. The Kier molecular flexibility index (Phi) is 3.03. The number of allylic oxidation sites excluding steroid dienone is 1. The Hall–Kier alpha value is -0.343. The Morgan fingerprint density at radius 2 is 1.65 bits per heavy atom. The van der Waals surface area contributed by atoms with Gasteiger partial charge in [-0.15, -0.1) is 6.58 Å². The Bertz CT molecular complexity index is 299. The van der Waals surface area contributed by atoms with Crippen LogP contribution in [-0.2, 0) is 4.43 Å². The predicted octanol–water partition coefficient (Wildman–Crippen LogP) is 3.54. The summed E-state index contributed by atoms with van der Waals surface area (Å²) < 4.78 is 6.57. The molecule has 17 heavy (non-hydrogen) atoms. The van der Waals surface area contributed by atoms with E-state index >= 15 is 0 Å². The van der Waals surface area contributed by atoms with Gasteiger partial charge in [0, 0.05) is 0 Å². The molecule has 0 radical (unpaired) electrons. The molecule has 4 rings (SSSR count). The molecular formula is C15H24OSi. The van der Waals surface area contributed by atoms with Gasteiger partial charge < -0.3 is 4.43 Å². The summed E-state index contributed by atoms with van der Waals surface area (Å²) in [6.07, 6.45) is 10.6. The molecule has 0 aliphatic heterocycles. The standard InChI is InChI=1S/C15H24OSi/c1-3-5-17(4-2)16-15-9-12-6-13(10-15)8-14(7-12)11-15/h3-5,12-14,17H,2,6-11H2,1H3. The molecule has 4 bridgehead atoms. The molecule has 0 aromatic carbocycles. The van der Waals surface area contributed by atoms with E-state index in [1.54, 1.807) is 0 Å². The van der Waals surface area contributed by atoms with Crippen molar-refractivity contribution < 1.29 is 4.43 Å². The maximum Gasteiger partial charge on any atom is 0.225 e. The van der Waals surface area contributed by atoms with Gasteiger partial charge in [-0.1, -0.05) is 17.5 Å². The first kappa shape index (κ1) is 11.7. The molecule has 4 aliphatic rings. The van der Waals surface area contributed by atoms with Gasteiger partial charge in [-0.3, -0.25) is 0 Å². The van der Waals surface area contributed by atoms with Gasteiger partial charge in [-0.25, -0.2) is 0 Å². The van der Waals surface area contributed by atoms with E-state index in [0.717, 1.165) is 17.8 Å². The highest BCUT2D eigenvalue weighted by molar-refractivity contribution is 6.63. The average Bonchev–Trinajstić information content (AvgIpc) is 2.26. The van der Waals surface area contributed by atoms with Crippen molar-refractivity contribution >= 4 is 9.04 Å². The number of hydrogen-bond donors (Lipinski definition) is 0. The van der Waals surface area contributed by atoms with Gasteiger partial charge >= 0.3 is 0 Å². The smallest absolute Gasteiger partial charge is 0.225 e. The molecule has 2 heteroatoms. The molecule has 0 saturated heterocycles. The summed E-state index contributed by atoms with van der Waals surface area (Å²) in [7, 11) is -1.29. The minimum Gasteiger partial charge on any atom is -0.407 e. The van der Waals surface area contributed by atoms with Crippen molar-refractivity contribution in [2.24, 2.45) is 17.8 Å². The van der Waals surface area contributed by atoms with Crippen molar-refractivity contribution in [1.82, 2.24) is 0 Å². The van der Waals surface area contributed by atoms with E-state index in [1.807, 2.05) is 0 Å². The minimum atomic E-state index is -1.29. The summed E-state index contributed by atoms with van der Waals surface area (Å²) in [5, 5.41) is 0. The van der Waals surface area contributed by atoms with Crippen molar-refractivity contribution in [2.75, 3.05) is 0 Å². The van der Waals surface area contributed by atoms with Crippen LogP contribution in [0.3, 0.4) is 0 Å². The van der Waals surface area contributed by atoms with Gasteiger partial charge in [0.15, 0.2) is 0 Å². The van der Waals surface area contributed by atoms with E-state index in [1.165, 1.54) is 38.5 Å². The highest BCUT2D eigenvalue weighted by Gasteiger charge is 2.51. The third-order valence-corrected chi connectivity index (χ3v) is 6.98. The number of rotatable bonds is 4. The maximum atomic E-state index is 6.57. The lowest BCUT2D eigenvalue weighted by Crippen LogP contribution is -2.53. The summed E-state index contributed by atoms with van der Waals surface area (Å²) >= 11 is 0. The second-order valence-corrected chi connectivity index (χ2v) is 8.47. The van der Waals surface area contributed by atoms with Crippen LogP contribution >= 0.6 is 0 Å². The summed E-state index contributed by atoms with van der Waals surface area (Å²) in [6.45, 7) is 6.05. The quantitative estimate of drug-likeness (QED) is 0.692. The molecule has 0 N–H and O–H groups in total. The van der Waals surface area contributed by atoms with Crippen LogP contribution in [0.25, 0.3) is 0 Å². The topological polar surface area (TPSA) is 9.23 Å². The highest BCUT2D eigenvalue weighted by Crippen LogP contribution is 2.57. The molecular weight excluding hydrogens is 224 g/mol. The first-order chi connectivity index (χ1) is 8.23. The summed E-state index contributed by atoms with van der Waals surface area (Å²) in [5.74, 6) is 2.93. The van der Waals surface area contributed by atoms with Crippen molar-refractivity contribution in [1.29, 1.82) is 0 Å². The molecule has 1 atom stereocenters. The normalized spacial score (nSPS) is 45.4. The molecule has 4 aliphatic carbocycles. The van der Waals surface area contributed by atoms with Gasteiger partial charge in [0.1, 0.15) is 0 Å². The van der Waals surface area contributed by atoms with Gasteiger partial charge in [0.05, 0.1) is 5.60 Å². The van der Waals surface area contributed by atoms with E-state index in [4.69, 9.17) is 4.43 Å². The van der Waals surface area contributed by atoms with E-state index in [9.17, 15) is 0 Å². The zero-order chi connectivity index (χ0) is 11.9. The molecule has 1 nitrogen and oxygen atoms in total. The van der Waals surface area contributed by atoms with Crippen LogP contribution in [0.4, 0.5) is 0 Å². The van der Waals surface area contributed by atoms with E-state index in [-0.39, 0.29) is 5.60 Å². The van der Waals surface area contributed by atoms with Gasteiger partial charge in [0.25, 0.3) is 0 Å². The SMILES string of the molecule is C=C[SiH](C=CC)OC12CC3CC(CC(C3)C1)C2. The maximum absolute atomic E-state index is 6.57. The molecule has 94 valence electrons. The third kappa shape index (κ3) is 2.17. The highest BCUT2D eigenvalue weighted by atomic mass is 28.3. The fourth-order valence-corrected chi connectivity index (χ4v) is 6.40. The first-order valence-corrected chi connectivity index (χ1v) is 8.97. The van der Waals surface area contributed by atoms with Crippen LogP contribution in [0, 0.1) is 17.8 Å². The molecule has 0 aromatic rings. The molecule has 0 spiro atoms. The average molecular weight is 248 g/mol. The fraction of sp³-hybridized carbons (Fsp3) is 0.733. The Balaban J connectivity index is 1.75. The van der Waals surface area contributed by atoms with Crippen LogP contribution in [-0.4, -0.2) is 14.6 Å². The summed E-state index contributed by atoms with van der Waals surface area (Å²) in [4.78, 5) is 0. The molecule has 1 unspecified atom stereocenters. The van der Waals surface area contributed by atoms with E-state index in [2.05, 4.69) is 31.0 Å². The second-order valence-electron chi connectivity index (χ2n) is 6.44. The zero-order valence-corrected chi connectivity index (χ0v) is 12.1. The van der Waals surface area contributed by atoms with Crippen molar-refractivity contribution in [3.05, 3.63) is 24.1 Å². The number of hydrogen-bond acceptors (Lipinski definition) is 1. The lowest BCUT2D eigenvalue weighted by Gasteiger charge is -2.57. The lowest BCUT2D eigenvalue weighted by atomic mass is 9.54. The molecule has 0 amide bonds. The largest absolute Gasteiger partial charge is 0.407 e. The molecule has 0 aromatic heterocycles. The van der Waals surface area contributed by atoms with Crippen LogP contribution in [0.5, 0.6) is 0 Å². The third-order valence-electron chi connectivity index (χ3n) is 4.98. The van der Waals surface area contributed by atoms with Crippen molar-refractivity contribution in [3.8, 4) is 0 Å². The monoisotopic (exact) mass is 248 g/mol. The van der Waals surface area contributed by atoms with Crippen molar-refractivity contribution in [3.63, 3.8) is 0 Å². The van der Waals surface area contributed by atoms with Crippen LogP contribution < -0.4 is 0 Å². The minimum absolute atomic E-state index is 0.263. The Labute approximate surface area is 107 Å². The zero-order valence-electron chi connectivity index (χ0n) is 10.9. The van der Waals surface area contributed by atoms with Crippen molar-refractivity contribution in [2.45, 2.75) is 51.0 Å². The molecule has 4 saturated carbocycles. The summed E-state index contributed by atoms with van der Waals surface area (Å²) in [5.41, 5.74) is 4.61. The van der Waals surface area contributed by atoms with E-state index in [0.29, 0.717) is 0 Å². The van der Waals surface area contributed by atoms with Gasteiger partial charge in [-0.05, 0) is 63.2 Å². The molecule has 0 heterocycles. The lowest BCUT2D eigenvalue weighted by molar-refractivity contribution is -0.108. The van der Waals surface area contributed by atoms with Crippen LogP contribution in [0.1, 0.15) is 45.4 Å². The van der Waals surface area contributed by atoms with Crippen LogP contribution in [0.15, 0.2) is 24.1 Å². The second kappa shape index (κ2) is 4.40. The Morgan fingerprint density at radius 1 is 1.12 bits per heavy atom. The predicted molar refractivity (Wildman–Crippen MR) is 74.1 cm³/mol. The summed E-state index contributed by atoms with van der Waals surface area (Å²) in [6, 6.07) is 0. The Morgan fingerprint density at radius 3 is 2.06 bits per heavy atom.